The molecule has 1 amide bonds. The zero-order valence-electron chi connectivity index (χ0n) is 15.7. The molecule has 1 aliphatic carbocycles. The number of carbonyl (C=O) groups excluding carboxylic acids is 2. The van der Waals surface area contributed by atoms with E-state index in [1.807, 2.05) is 43.9 Å². The lowest BCUT2D eigenvalue weighted by molar-refractivity contribution is -0.140. The number of esters is 1. The van der Waals surface area contributed by atoms with Crippen molar-refractivity contribution in [3.63, 3.8) is 0 Å². The van der Waals surface area contributed by atoms with Gasteiger partial charge in [-0.15, -0.1) is 0 Å². The lowest BCUT2D eigenvalue weighted by Crippen LogP contribution is -2.44. The van der Waals surface area contributed by atoms with Gasteiger partial charge < -0.3 is 14.4 Å². The molecule has 0 N–H and O–H groups in total. The number of hydrogen-bond acceptors (Lipinski definition) is 6. The molecule has 1 aromatic rings. The van der Waals surface area contributed by atoms with Gasteiger partial charge in [0.15, 0.2) is 0 Å². The number of pyridine rings is 1. The van der Waals surface area contributed by atoms with Crippen LogP contribution in [0.15, 0.2) is 29.4 Å². The zero-order chi connectivity index (χ0) is 18.9. The van der Waals surface area contributed by atoms with Gasteiger partial charge in [-0.25, -0.2) is 9.78 Å². The SMILES string of the molecule is COC(=O)C(C[C@H]1[C@@H]2C[C@H]1N(C(=O)OC(C)(C)C)C2)Sc1ccccn1. The van der Waals surface area contributed by atoms with Crippen molar-refractivity contribution in [2.75, 3.05) is 13.7 Å². The number of ether oxygens (including phenoxy) is 2. The first kappa shape index (κ1) is 19.0. The van der Waals surface area contributed by atoms with Crippen LogP contribution in [0.25, 0.3) is 0 Å². The number of hydrogen-bond donors (Lipinski definition) is 0. The molecule has 4 atom stereocenters. The normalized spacial score (nSPS) is 25.4. The van der Waals surface area contributed by atoms with Crippen LogP contribution >= 0.6 is 11.8 Å². The summed E-state index contributed by atoms with van der Waals surface area (Å²) in [5, 5.41) is 0.488. The van der Waals surface area contributed by atoms with Gasteiger partial charge in [-0.3, -0.25) is 4.79 Å². The minimum Gasteiger partial charge on any atom is -0.468 e. The van der Waals surface area contributed by atoms with E-state index in [0.717, 1.165) is 11.4 Å². The molecule has 4 rings (SSSR count). The number of carbonyl (C=O) groups is 2. The monoisotopic (exact) mass is 378 g/mol. The summed E-state index contributed by atoms with van der Waals surface area (Å²) >= 11 is 1.43. The van der Waals surface area contributed by atoms with Gasteiger partial charge in [0.25, 0.3) is 0 Å². The molecule has 142 valence electrons. The molecular weight excluding hydrogens is 352 g/mol. The van der Waals surface area contributed by atoms with Crippen LogP contribution in [-0.2, 0) is 14.3 Å². The Morgan fingerprint density at radius 3 is 2.77 bits per heavy atom. The van der Waals surface area contributed by atoms with E-state index in [9.17, 15) is 9.59 Å². The Balaban J connectivity index is 1.64. The summed E-state index contributed by atoms with van der Waals surface area (Å²) in [6.45, 7) is 6.34. The minimum atomic E-state index is -0.497. The summed E-state index contributed by atoms with van der Waals surface area (Å²) < 4.78 is 10.5. The third kappa shape index (κ3) is 4.14. The lowest BCUT2D eigenvalue weighted by atomic mass is 9.71. The van der Waals surface area contributed by atoms with Crippen molar-refractivity contribution in [1.29, 1.82) is 0 Å². The van der Waals surface area contributed by atoms with Crippen LogP contribution in [0, 0.1) is 11.8 Å². The van der Waals surface area contributed by atoms with Crippen LogP contribution in [0.4, 0.5) is 4.79 Å². The predicted octanol–water partition coefficient (Wildman–Crippen LogP) is 3.36. The van der Waals surface area contributed by atoms with E-state index in [4.69, 9.17) is 9.47 Å². The van der Waals surface area contributed by atoms with Crippen molar-refractivity contribution < 1.29 is 19.1 Å². The fourth-order valence-electron chi connectivity index (χ4n) is 3.75. The molecule has 7 heteroatoms. The lowest BCUT2D eigenvalue weighted by Gasteiger charge is -2.38. The molecule has 1 unspecified atom stereocenters. The Labute approximate surface area is 158 Å². The van der Waals surface area contributed by atoms with Crippen molar-refractivity contribution in [3.05, 3.63) is 24.4 Å². The van der Waals surface area contributed by atoms with Crippen molar-refractivity contribution in [2.45, 2.75) is 55.5 Å². The second kappa shape index (κ2) is 7.47. The highest BCUT2D eigenvalue weighted by atomic mass is 32.2. The molecule has 2 aliphatic heterocycles. The average molecular weight is 378 g/mol. The van der Waals surface area contributed by atoms with Crippen molar-refractivity contribution >= 4 is 23.8 Å². The summed E-state index contributed by atoms with van der Waals surface area (Å²) in [6.07, 6.45) is 3.14. The Bertz CT molecular complexity index is 661. The van der Waals surface area contributed by atoms with Crippen molar-refractivity contribution in [1.82, 2.24) is 9.88 Å². The van der Waals surface area contributed by atoms with E-state index in [0.29, 0.717) is 24.8 Å². The number of rotatable bonds is 5. The van der Waals surface area contributed by atoms with Crippen LogP contribution in [-0.4, -0.2) is 52.5 Å². The number of amides is 1. The largest absolute Gasteiger partial charge is 0.468 e. The van der Waals surface area contributed by atoms with Gasteiger partial charge in [0, 0.05) is 18.8 Å². The fraction of sp³-hybridized carbons (Fsp3) is 0.632. The number of aromatic nitrogens is 1. The molecule has 1 aromatic heterocycles. The fourth-order valence-corrected chi connectivity index (χ4v) is 4.83. The molecule has 0 aromatic carbocycles. The summed E-state index contributed by atoms with van der Waals surface area (Å²) in [5.41, 5.74) is -0.497. The first-order valence-corrected chi connectivity index (χ1v) is 9.81. The van der Waals surface area contributed by atoms with Gasteiger partial charge in [0.2, 0.25) is 0 Å². The zero-order valence-corrected chi connectivity index (χ0v) is 16.5. The molecule has 3 aliphatic rings. The number of fused-ring (bicyclic) bond motifs is 1. The molecule has 26 heavy (non-hydrogen) atoms. The molecule has 3 heterocycles. The summed E-state index contributed by atoms with van der Waals surface area (Å²) in [6, 6.07) is 5.80. The standard InChI is InChI=1S/C19H26N2O4S/c1-19(2,3)25-18(23)21-11-12-9-14(21)13(12)10-15(17(22)24-4)26-16-7-5-6-8-20-16/h5-8,12-15H,9-11H2,1-4H3/t12-,13+,14-,15?/m1/s1. The predicted molar refractivity (Wildman–Crippen MR) is 98.8 cm³/mol. The summed E-state index contributed by atoms with van der Waals surface area (Å²) in [7, 11) is 1.41. The quantitative estimate of drug-likeness (QED) is 0.578. The topological polar surface area (TPSA) is 68.7 Å². The maximum absolute atomic E-state index is 12.4. The first-order valence-electron chi connectivity index (χ1n) is 8.93. The number of methoxy groups -OCH3 is 1. The van der Waals surface area contributed by atoms with E-state index in [-0.39, 0.29) is 23.4 Å². The second-order valence-electron chi connectivity index (χ2n) is 7.89. The van der Waals surface area contributed by atoms with Gasteiger partial charge in [-0.1, -0.05) is 17.8 Å². The highest BCUT2D eigenvalue weighted by Gasteiger charge is 2.55. The maximum Gasteiger partial charge on any atom is 0.410 e. The number of nitrogens with zero attached hydrogens (tertiary/aromatic N) is 2. The van der Waals surface area contributed by atoms with Crippen LogP contribution < -0.4 is 0 Å². The number of thioether (sulfide) groups is 1. The minimum absolute atomic E-state index is 0.159. The molecule has 2 bridgehead atoms. The van der Waals surface area contributed by atoms with Crippen LogP contribution in [0.2, 0.25) is 0 Å². The highest BCUT2D eigenvalue weighted by Crippen LogP contribution is 2.50. The Morgan fingerprint density at radius 1 is 1.38 bits per heavy atom. The van der Waals surface area contributed by atoms with Crippen molar-refractivity contribution in [2.24, 2.45) is 11.8 Å². The van der Waals surface area contributed by atoms with Gasteiger partial charge in [0.05, 0.1) is 12.1 Å². The third-order valence-corrected chi connectivity index (χ3v) is 6.11. The molecule has 2 saturated heterocycles. The second-order valence-corrected chi connectivity index (χ2v) is 9.12. The van der Waals surface area contributed by atoms with E-state index in [1.54, 1.807) is 6.20 Å². The van der Waals surface area contributed by atoms with Crippen molar-refractivity contribution in [3.8, 4) is 0 Å². The molecule has 6 nitrogen and oxygen atoms in total. The summed E-state index contributed by atoms with van der Waals surface area (Å²) in [5.74, 6) is 0.502. The first-order chi connectivity index (χ1) is 12.3. The smallest absolute Gasteiger partial charge is 0.410 e. The van der Waals surface area contributed by atoms with Gasteiger partial charge in [-0.2, -0.15) is 0 Å². The summed E-state index contributed by atoms with van der Waals surface area (Å²) in [4.78, 5) is 30.8. The molecular formula is C19H26N2O4S. The van der Waals surface area contributed by atoms with Gasteiger partial charge in [0.1, 0.15) is 10.9 Å². The Kier molecular flexibility index (Phi) is 5.46. The molecule has 3 fully saturated rings. The highest BCUT2D eigenvalue weighted by molar-refractivity contribution is 8.00. The van der Waals surface area contributed by atoms with Crippen LogP contribution in [0.3, 0.4) is 0 Å². The van der Waals surface area contributed by atoms with E-state index < -0.39 is 5.60 Å². The van der Waals surface area contributed by atoms with E-state index in [1.165, 1.54) is 18.9 Å². The third-order valence-electron chi connectivity index (χ3n) is 4.95. The molecule has 0 spiro atoms. The van der Waals surface area contributed by atoms with Crippen LogP contribution in [0.1, 0.15) is 33.6 Å². The molecule has 1 saturated carbocycles. The van der Waals surface area contributed by atoms with E-state index in [2.05, 4.69) is 4.98 Å². The van der Waals surface area contributed by atoms with Gasteiger partial charge >= 0.3 is 12.1 Å². The average Bonchev–Trinajstić information content (AvgIpc) is 3.17. The van der Waals surface area contributed by atoms with E-state index >= 15 is 0 Å². The Hall–Kier alpha value is -1.76. The van der Waals surface area contributed by atoms with Crippen LogP contribution in [0.5, 0.6) is 0 Å². The van der Waals surface area contributed by atoms with Gasteiger partial charge in [-0.05, 0) is 57.6 Å². The molecule has 0 radical (unpaired) electrons. The maximum atomic E-state index is 12.4. The Morgan fingerprint density at radius 2 is 2.15 bits per heavy atom.